The Morgan fingerprint density at radius 1 is 1.24 bits per heavy atom. The van der Waals surface area contributed by atoms with Gasteiger partial charge in [-0.05, 0) is 76.6 Å². The first-order valence-electron chi connectivity index (χ1n) is 14.7. The van der Waals surface area contributed by atoms with Crippen molar-refractivity contribution < 1.29 is 9.59 Å². The van der Waals surface area contributed by atoms with Crippen LogP contribution in [0, 0.1) is 18.3 Å². The number of amides is 2. The summed E-state index contributed by atoms with van der Waals surface area (Å²) in [7, 11) is 0. The Kier molecular flexibility index (Phi) is 9.78. The molecule has 2 amide bonds. The molecule has 3 heterocycles. The molecule has 2 aromatic heterocycles. The van der Waals surface area contributed by atoms with E-state index < -0.39 is 5.91 Å². The molecule has 0 radical (unpaired) electrons. The zero-order chi connectivity index (χ0) is 30.4. The maximum absolute atomic E-state index is 13.3. The number of likely N-dealkylation sites (tertiary alicyclic amines) is 1. The van der Waals surface area contributed by atoms with E-state index in [1.54, 1.807) is 13.0 Å². The summed E-state index contributed by atoms with van der Waals surface area (Å²) < 4.78 is 2.01. The van der Waals surface area contributed by atoms with Crippen LogP contribution in [0.2, 0.25) is 0 Å². The van der Waals surface area contributed by atoms with E-state index in [0.717, 1.165) is 49.7 Å². The maximum atomic E-state index is 13.3. The van der Waals surface area contributed by atoms with Crippen molar-refractivity contribution in [3.8, 4) is 0 Å². The summed E-state index contributed by atoms with van der Waals surface area (Å²) in [6.45, 7) is 16.6. The Labute approximate surface area is 248 Å². The standard InChI is InChI=1S/C32H44N8O2/c1-7-28(36-19-27(21(2)3)24-18-37-40(20-24)25-9-10-25)26(16-33)31(42)38-29-15-23(17-35-22(29)4)30(41)34-12-14-39-13-8-11-32(39,5)6/h7,15-21,25,33,36H,1,8-14H2,2-6H3,(H,34,41)(H,38,42)/b27-19+,28-26+,33-16?. The van der Waals surface area contributed by atoms with E-state index in [1.165, 1.54) is 18.7 Å². The van der Waals surface area contributed by atoms with Crippen LogP contribution in [0.3, 0.4) is 0 Å². The molecule has 1 aliphatic carbocycles. The molecule has 0 unspecified atom stereocenters. The number of allylic oxidation sites excluding steroid dienone is 2. The molecule has 0 atom stereocenters. The van der Waals surface area contributed by atoms with Crippen molar-refractivity contribution in [2.75, 3.05) is 25.0 Å². The Bertz CT molecular complexity index is 1400. The highest BCUT2D eigenvalue weighted by atomic mass is 16.2. The molecule has 2 fully saturated rings. The second kappa shape index (κ2) is 13.3. The van der Waals surface area contributed by atoms with E-state index >= 15 is 0 Å². The summed E-state index contributed by atoms with van der Waals surface area (Å²) >= 11 is 0. The molecule has 0 bridgehead atoms. The monoisotopic (exact) mass is 572 g/mol. The number of carbonyl (C=O) groups excluding carboxylic acids is 2. The molecule has 10 nitrogen and oxygen atoms in total. The van der Waals surface area contributed by atoms with Crippen LogP contribution in [-0.4, -0.2) is 62.9 Å². The van der Waals surface area contributed by atoms with Crippen molar-refractivity contribution in [1.29, 1.82) is 5.41 Å². The maximum Gasteiger partial charge on any atom is 0.259 e. The van der Waals surface area contributed by atoms with Gasteiger partial charge in [0.05, 0.1) is 40.5 Å². The first-order chi connectivity index (χ1) is 20.0. The number of nitrogens with zero attached hydrogens (tertiary/aromatic N) is 4. The minimum Gasteiger partial charge on any atom is -0.361 e. The van der Waals surface area contributed by atoms with Gasteiger partial charge < -0.3 is 21.4 Å². The molecule has 2 aromatic rings. The van der Waals surface area contributed by atoms with Crippen LogP contribution in [0.1, 0.15) is 81.0 Å². The number of anilines is 1. The van der Waals surface area contributed by atoms with Crippen molar-refractivity contribution in [3.63, 3.8) is 0 Å². The molecule has 1 saturated carbocycles. The molecule has 1 saturated heterocycles. The Balaban J connectivity index is 1.45. The highest BCUT2D eigenvalue weighted by molar-refractivity contribution is 6.18. The number of aryl methyl sites for hydroxylation is 1. The average molecular weight is 573 g/mol. The van der Waals surface area contributed by atoms with Crippen LogP contribution in [0.4, 0.5) is 5.69 Å². The molecule has 4 N–H and O–H groups in total. The summed E-state index contributed by atoms with van der Waals surface area (Å²) in [5, 5.41) is 21.5. The number of nitrogens with one attached hydrogen (secondary N) is 4. The molecule has 1 aliphatic heterocycles. The van der Waals surface area contributed by atoms with Gasteiger partial charge >= 0.3 is 0 Å². The lowest BCUT2D eigenvalue weighted by atomic mass is 9.99. The fourth-order valence-electron chi connectivity index (χ4n) is 5.23. The van der Waals surface area contributed by atoms with Gasteiger partial charge in [-0.1, -0.05) is 20.4 Å². The van der Waals surface area contributed by atoms with E-state index in [4.69, 9.17) is 5.41 Å². The summed E-state index contributed by atoms with van der Waals surface area (Å²) in [5.41, 5.74) is 3.99. The van der Waals surface area contributed by atoms with Gasteiger partial charge in [-0.15, -0.1) is 0 Å². The van der Waals surface area contributed by atoms with Gasteiger partial charge in [0.25, 0.3) is 11.8 Å². The second-order valence-electron chi connectivity index (χ2n) is 12.0. The molecule has 0 spiro atoms. The molecule has 2 aliphatic rings. The lowest BCUT2D eigenvalue weighted by Gasteiger charge is -2.31. The highest BCUT2D eigenvalue weighted by Gasteiger charge is 2.31. The Hall–Kier alpha value is -4.05. The van der Waals surface area contributed by atoms with Gasteiger partial charge in [0.15, 0.2) is 0 Å². The quantitative estimate of drug-likeness (QED) is 0.155. The zero-order valence-corrected chi connectivity index (χ0v) is 25.5. The third-order valence-corrected chi connectivity index (χ3v) is 8.08. The van der Waals surface area contributed by atoms with Gasteiger partial charge in [-0.3, -0.25) is 24.2 Å². The van der Waals surface area contributed by atoms with Crippen molar-refractivity contribution >= 4 is 29.3 Å². The number of carbonyl (C=O) groups is 2. The van der Waals surface area contributed by atoms with Crippen LogP contribution in [0.25, 0.3) is 5.57 Å². The summed E-state index contributed by atoms with van der Waals surface area (Å²) in [6.07, 6.45) is 14.4. The minimum absolute atomic E-state index is 0.0977. The van der Waals surface area contributed by atoms with Crippen molar-refractivity contribution in [2.24, 2.45) is 5.92 Å². The van der Waals surface area contributed by atoms with E-state index in [1.807, 2.05) is 17.1 Å². The largest absolute Gasteiger partial charge is 0.361 e. The molecule has 10 heteroatoms. The Morgan fingerprint density at radius 3 is 2.62 bits per heavy atom. The van der Waals surface area contributed by atoms with E-state index in [2.05, 4.69) is 71.4 Å². The van der Waals surface area contributed by atoms with E-state index in [0.29, 0.717) is 35.2 Å². The minimum atomic E-state index is -0.507. The van der Waals surface area contributed by atoms with Crippen molar-refractivity contribution in [2.45, 2.75) is 71.9 Å². The first-order valence-corrected chi connectivity index (χ1v) is 14.7. The number of rotatable bonds is 13. The fourth-order valence-corrected chi connectivity index (χ4v) is 5.23. The molecular weight excluding hydrogens is 528 g/mol. The van der Waals surface area contributed by atoms with Gasteiger partial charge in [-0.25, -0.2) is 0 Å². The predicted molar refractivity (Wildman–Crippen MR) is 167 cm³/mol. The number of pyridine rings is 1. The zero-order valence-electron chi connectivity index (χ0n) is 25.5. The number of hydrogen-bond acceptors (Lipinski definition) is 7. The lowest BCUT2D eigenvalue weighted by molar-refractivity contribution is -0.112. The normalized spacial score (nSPS) is 17.5. The SMILES string of the molecule is C=C/C(N/C=C(/c1cnn(C2CC2)c1)C(C)C)=C(/C=N)C(=O)Nc1cc(C(=O)NCCN2CCCC2(C)C)cnc1C. The predicted octanol–water partition coefficient (Wildman–Crippen LogP) is 4.84. The van der Waals surface area contributed by atoms with Gasteiger partial charge in [0, 0.05) is 49.0 Å². The van der Waals surface area contributed by atoms with Crippen molar-refractivity contribution in [1.82, 2.24) is 30.3 Å². The lowest BCUT2D eigenvalue weighted by Crippen LogP contribution is -2.43. The molecule has 42 heavy (non-hydrogen) atoms. The summed E-state index contributed by atoms with van der Waals surface area (Å²) in [5.74, 6) is -0.558. The van der Waals surface area contributed by atoms with Crippen LogP contribution < -0.4 is 16.0 Å². The van der Waals surface area contributed by atoms with E-state index in [-0.39, 0.29) is 22.9 Å². The number of hydrogen-bond donors (Lipinski definition) is 4. The van der Waals surface area contributed by atoms with Crippen LogP contribution in [-0.2, 0) is 4.79 Å². The molecule has 0 aromatic carbocycles. The van der Waals surface area contributed by atoms with Crippen molar-refractivity contribution in [3.05, 3.63) is 71.6 Å². The average Bonchev–Trinajstić information content (AvgIpc) is 3.59. The van der Waals surface area contributed by atoms with Crippen LogP contribution in [0.5, 0.6) is 0 Å². The molecular formula is C32H44N8O2. The van der Waals surface area contributed by atoms with E-state index in [9.17, 15) is 9.59 Å². The third kappa shape index (κ3) is 7.42. The first kappa shape index (κ1) is 30.9. The van der Waals surface area contributed by atoms with Gasteiger partial charge in [0.1, 0.15) is 0 Å². The smallest absolute Gasteiger partial charge is 0.259 e. The second-order valence-corrected chi connectivity index (χ2v) is 12.0. The number of aromatic nitrogens is 3. The third-order valence-electron chi connectivity index (χ3n) is 8.08. The van der Waals surface area contributed by atoms with Gasteiger partial charge in [-0.2, -0.15) is 5.10 Å². The molecule has 224 valence electrons. The van der Waals surface area contributed by atoms with Crippen LogP contribution >= 0.6 is 0 Å². The molecule has 4 rings (SSSR count). The topological polar surface area (TPSA) is 128 Å². The summed E-state index contributed by atoms with van der Waals surface area (Å²) in [4.78, 5) is 32.9. The fraction of sp³-hybridized carbons (Fsp3) is 0.469. The Morgan fingerprint density at radius 2 is 2.00 bits per heavy atom. The van der Waals surface area contributed by atoms with Crippen LogP contribution in [0.15, 0.2) is 54.8 Å². The summed E-state index contributed by atoms with van der Waals surface area (Å²) in [6, 6.07) is 2.11. The highest BCUT2D eigenvalue weighted by Crippen LogP contribution is 2.35. The van der Waals surface area contributed by atoms with Gasteiger partial charge in [0.2, 0.25) is 0 Å².